The number of hydrogen-bond donors (Lipinski definition) is 0. The van der Waals surface area contributed by atoms with E-state index in [0.717, 1.165) is 42.7 Å². The molecular formula is C25H32ClNO3. The van der Waals surface area contributed by atoms with E-state index in [0.29, 0.717) is 13.2 Å². The van der Waals surface area contributed by atoms with Gasteiger partial charge in [0.05, 0.1) is 13.0 Å². The van der Waals surface area contributed by atoms with Gasteiger partial charge in [0.1, 0.15) is 12.4 Å². The molecule has 4 nitrogen and oxygen atoms in total. The summed E-state index contributed by atoms with van der Waals surface area (Å²) in [5.41, 5.74) is 5.56. The molecule has 0 fully saturated rings. The molecule has 1 heterocycles. The zero-order valence-corrected chi connectivity index (χ0v) is 19.0. The molecule has 0 amide bonds. The number of fused-ring (bicyclic) bond motifs is 2. The monoisotopic (exact) mass is 429 g/mol. The number of carbonyl (C=O) groups is 1. The van der Waals surface area contributed by atoms with Gasteiger partial charge >= 0.3 is 5.97 Å². The molecular weight excluding hydrogens is 398 g/mol. The van der Waals surface area contributed by atoms with Crippen LogP contribution in [-0.2, 0) is 22.6 Å². The van der Waals surface area contributed by atoms with Crippen molar-refractivity contribution in [2.45, 2.75) is 39.2 Å². The van der Waals surface area contributed by atoms with Crippen molar-refractivity contribution < 1.29 is 14.3 Å². The second-order valence-corrected chi connectivity index (χ2v) is 7.74. The minimum Gasteiger partial charge on any atom is -0.488 e. The number of halogens is 1. The van der Waals surface area contributed by atoms with Crippen molar-refractivity contribution in [1.82, 2.24) is 4.90 Å². The average molecular weight is 430 g/mol. The van der Waals surface area contributed by atoms with Crippen LogP contribution < -0.4 is 4.74 Å². The number of esters is 1. The first-order valence-corrected chi connectivity index (χ1v) is 10.4. The number of hydrogen-bond acceptors (Lipinski definition) is 4. The quantitative estimate of drug-likeness (QED) is 0.423. The summed E-state index contributed by atoms with van der Waals surface area (Å²) in [6, 6.07) is 14.4. The Labute approximate surface area is 186 Å². The van der Waals surface area contributed by atoms with Gasteiger partial charge in [0.2, 0.25) is 0 Å². The number of benzene rings is 2. The van der Waals surface area contributed by atoms with E-state index in [4.69, 9.17) is 9.47 Å². The third kappa shape index (κ3) is 6.35. The predicted octanol–water partition coefficient (Wildman–Crippen LogP) is 5.27. The van der Waals surface area contributed by atoms with Crippen LogP contribution in [-0.4, -0.2) is 38.1 Å². The summed E-state index contributed by atoms with van der Waals surface area (Å²) in [7, 11) is 4.16. The highest BCUT2D eigenvalue weighted by Gasteiger charge is 2.20. The summed E-state index contributed by atoms with van der Waals surface area (Å²) in [6.45, 7) is 4.10. The maximum absolute atomic E-state index is 12.2. The molecule has 0 saturated heterocycles. The molecule has 3 rings (SSSR count). The summed E-state index contributed by atoms with van der Waals surface area (Å²) < 4.78 is 11.4. The van der Waals surface area contributed by atoms with Crippen LogP contribution >= 0.6 is 12.4 Å². The number of ether oxygens (including phenoxy) is 2. The second kappa shape index (κ2) is 11.8. The third-order valence-electron chi connectivity index (χ3n) is 5.06. The fourth-order valence-corrected chi connectivity index (χ4v) is 3.47. The van der Waals surface area contributed by atoms with Crippen molar-refractivity contribution in [2.75, 3.05) is 27.2 Å². The Morgan fingerprint density at radius 3 is 2.73 bits per heavy atom. The SMILES string of the molecule is CCCCOC(=O)Cc1ccc2c(c1)C(=CCCN(C)C)c1ccccc1CO2.Cl. The van der Waals surface area contributed by atoms with Crippen molar-refractivity contribution in [3.8, 4) is 5.75 Å². The van der Waals surface area contributed by atoms with E-state index in [1.54, 1.807) is 0 Å². The van der Waals surface area contributed by atoms with Gasteiger partial charge in [0.25, 0.3) is 0 Å². The van der Waals surface area contributed by atoms with E-state index in [9.17, 15) is 4.79 Å². The van der Waals surface area contributed by atoms with Crippen LogP contribution in [0.1, 0.15) is 48.4 Å². The summed E-state index contributed by atoms with van der Waals surface area (Å²) >= 11 is 0. The average Bonchev–Trinajstić information content (AvgIpc) is 2.85. The van der Waals surface area contributed by atoms with Gasteiger partial charge in [-0.05, 0) is 61.3 Å². The number of rotatable bonds is 8. The largest absolute Gasteiger partial charge is 0.488 e. The first-order chi connectivity index (χ1) is 14.1. The molecule has 1 aliphatic heterocycles. The molecule has 0 radical (unpaired) electrons. The lowest BCUT2D eigenvalue weighted by Gasteiger charge is -2.14. The molecule has 0 saturated carbocycles. The normalized spacial score (nSPS) is 13.7. The molecule has 0 aliphatic carbocycles. The van der Waals surface area contributed by atoms with Gasteiger partial charge in [-0.15, -0.1) is 12.4 Å². The van der Waals surface area contributed by atoms with Crippen molar-refractivity contribution in [1.29, 1.82) is 0 Å². The molecule has 0 aromatic heterocycles. The van der Waals surface area contributed by atoms with Gasteiger partial charge in [-0.1, -0.05) is 49.8 Å². The number of carbonyl (C=O) groups excluding carboxylic acids is 1. The molecule has 0 spiro atoms. The minimum absolute atomic E-state index is 0. The van der Waals surface area contributed by atoms with E-state index >= 15 is 0 Å². The van der Waals surface area contributed by atoms with Gasteiger partial charge < -0.3 is 14.4 Å². The highest BCUT2D eigenvalue weighted by molar-refractivity contribution is 5.86. The molecule has 0 unspecified atom stereocenters. The number of nitrogens with zero attached hydrogens (tertiary/aromatic N) is 1. The maximum Gasteiger partial charge on any atom is 0.310 e. The van der Waals surface area contributed by atoms with Gasteiger partial charge in [0.15, 0.2) is 0 Å². The molecule has 0 bridgehead atoms. The van der Waals surface area contributed by atoms with Crippen LogP contribution in [0.3, 0.4) is 0 Å². The van der Waals surface area contributed by atoms with Gasteiger partial charge in [-0.25, -0.2) is 0 Å². The summed E-state index contributed by atoms with van der Waals surface area (Å²) in [4.78, 5) is 14.4. The predicted molar refractivity (Wildman–Crippen MR) is 124 cm³/mol. The van der Waals surface area contributed by atoms with Crippen LogP contribution in [0.2, 0.25) is 0 Å². The van der Waals surface area contributed by atoms with Gasteiger partial charge in [0, 0.05) is 12.1 Å². The Hall–Kier alpha value is -2.30. The molecule has 5 heteroatoms. The van der Waals surface area contributed by atoms with Crippen molar-refractivity contribution >= 4 is 23.9 Å². The molecule has 0 N–H and O–H groups in total. The zero-order chi connectivity index (χ0) is 20.6. The first-order valence-electron chi connectivity index (χ1n) is 10.4. The topological polar surface area (TPSA) is 38.8 Å². The van der Waals surface area contributed by atoms with Crippen molar-refractivity contribution in [3.05, 3.63) is 70.8 Å². The Morgan fingerprint density at radius 1 is 1.17 bits per heavy atom. The fraction of sp³-hybridized carbons (Fsp3) is 0.400. The van der Waals surface area contributed by atoms with E-state index in [1.165, 1.54) is 16.7 Å². The third-order valence-corrected chi connectivity index (χ3v) is 5.06. The van der Waals surface area contributed by atoms with E-state index in [-0.39, 0.29) is 24.8 Å². The van der Waals surface area contributed by atoms with Crippen LogP contribution in [0.15, 0.2) is 48.5 Å². The van der Waals surface area contributed by atoms with Crippen LogP contribution in [0, 0.1) is 0 Å². The molecule has 2 aromatic rings. The summed E-state index contributed by atoms with van der Waals surface area (Å²) in [5, 5.41) is 0. The minimum atomic E-state index is -0.175. The van der Waals surface area contributed by atoms with E-state index in [2.05, 4.69) is 56.3 Å². The maximum atomic E-state index is 12.2. The highest BCUT2D eigenvalue weighted by atomic mass is 35.5. The van der Waals surface area contributed by atoms with Gasteiger partial charge in [-0.2, -0.15) is 0 Å². The highest BCUT2D eigenvalue weighted by Crippen LogP contribution is 2.37. The van der Waals surface area contributed by atoms with Crippen molar-refractivity contribution in [3.63, 3.8) is 0 Å². The zero-order valence-electron chi connectivity index (χ0n) is 18.1. The molecule has 0 atom stereocenters. The lowest BCUT2D eigenvalue weighted by atomic mass is 9.92. The van der Waals surface area contributed by atoms with Crippen LogP contribution in [0.4, 0.5) is 0 Å². The Morgan fingerprint density at radius 2 is 1.97 bits per heavy atom. The Bertz CT molecular complexity index is 876. The summed E-state index contributed by atoms with van der Waals surface area (Å²) in [5.74, 6) is 0.687. The fourth-order valence-electron chi connectivity index (χ4n) is 3.47. The van der Waals surface area contributed by atoms with E-state index in [1.807, 2.05) is 18.2 Å². The molecule has 162 valence electrons. The van der Waals surface area contributed by atoms with Crippen molar-refractivity contribution in [2.24, 2.45) is 0 Å². The van der Waals surface area contributed by atoms with E-state index < -0.39 is 0 Å². The molecule has 2 aromatic carbocycles. The Balaban J connectivity index is 0.00000320. The van der Waals surface area contributed by atoms with Crippen LogP contribution in [0.5, 0.6) is 5.75 Å². The molecule has 30 heavy (non-hydrogen) atoms. The smallest absolute Gasteiger partial charge is 0.310 e. The van der Waals surface area contributed by atoms with Gasteiger partial charge in [-0.3, -0.25) is 4.79 Å². The lowest BCUT2D eigenvalue weighted by Crippen LogP contribution is -2.12. The van der Waals surface area contributed by atoms with Crippen LogP contribution in [0.25, 0.3) is 5.57 Å². The number of unbranched alkanes of at least 4 members (excludes halogenated alkanes) is 1. The first kappa shape index (κ1) is 24.0. The summed E-state index contributed by atoms with van der Waals surface area (Å²) in [6.07, 6.45) is 5.43. The second-order valence-electron chi connectivity index (χ2n) is 7.74. The molecule has 1 aliphatic rings. The lowest BCUT2D eigenvalue weighted by molar-refractivity contribution is -0.142. The standard InChI is InChI=1S/C25H31NO3.ClH/c1-4-5-15-28-25(27)17-19-12-13-24-23(16-19)22(11-8-14-26(2)3)21-10-7-6-9-20(21)18-29-24;/h6-7,9-13,16H,4-5,8,14-15,17-18H2,1-3H3;1H. The Kier molecular flexibility index (Phi) is 9.41.